The van der Waals surface area contributed by atoms with Crippen molar-refractivity contribution in [2.45, 2.75) is 41.4 Å². The standard InChI is InChI=1S/C24H30F3N3O6S2/c1-23(33,24(25,26)27)17-4-6-18(7-5-17)30-9-8-29(38(34,35)22-3-2-12-37-22)15-20(30)14-28-10-11-36-16-19(28)13-21(31)32/h2-7,12,19-20,33H,8-11,13-16H2,1H3,(H,31,32)/t19-,20+,23+/m1/s1. The number of carboxylic acid groups (broad SMARTS) is 1. The number of rotatable bonds is 8. The van der Waals surface area contributed by atoms with E-state index in [0.717, 1.165) is 11.3 Å². The zero-order chi connectivity index (χ0) is 27.7. The first-order valence-corrected chi connectivity index (χ1v) is 14.4. The van der Waals surface area contributed by atoms with Crippen LogP contribution in [0.25, 0.3) is 0 Å². The summed E-state index contributed by atoms with van der Waals surface area (Å²) in [6, 6.07) is 7.80. The number of ether oxygens (including phenoxy) is 1. The highest BCUT2D eigenvalue weighted by Gasteiger charge is 2.51. The Labute approximate surface area is 223 Å². The molecule has 0 amide bonds. The summed E-state index contributed by atoms with van der Waals surface area (Å²) < 4.78 is 73.6. The number of nitrogens with zero attached hydrogens (tertiary/aromatic N) is 3. The summed E-state index contributed by atoms with van der Waals surface area (Å²) in [6.07, 6.45) is -4.99. The van der Waals surface area contributed by atoms with Gasteiger partial charge in [-0.3, -0.25) is 9.69 Å². The number of hydrogen-bond acceptors (Lipinski definition) is 8. The molecule has 3 atom stereocenters. The lowest BCUT2D eigenvalue weighted by Gasteiger charge is -2.46. The molecule has 0 unspecified atom stereocenters. The summed E-state index contributed by atoms with van der Waals surface area (Å²) in [5.41, 5.74) is -2.75. The fourth-order valence-electron chi connectivity index (χ4n) is 4.81. The molecular formula is C24H30F3N3O6S2. The van der Waals surface area contributed by atoms with Crippen molar-refractivity contribution in [2.24, 2.45) is 0 Å². The number of anilines is 1. The number of hydrogen-bond donors (Lipinski definition) is 2. The van der Waals surface area contributed by atoms with Gasteiger partial charge in [0.05, 0.1) is 25.7 Å². The molecule has 2 aliphatic rings. The first kappa shape index (κ1) is 28.8. The smallest absolute Gasteiger partial charge is 0.421 e. The Morgan fingerprint density at radius 1 is 1.13 bits per heavy atom. The topological polar surface area (TPSA) is 111 Å². The highest BCUT2D eigenvalue weighted by molar-refractivity contribution is 7.91. The normalized spacial score (nSPS) is 23.8. The fraction of sp³-hybridized carbons (Fsp3) is 0.542. The Bertz CT molecular complexity index is 1210. The quantitative estimate of drug-likeness (QED) is 0.493. The molecule has 2 N–H and O–H groups in total. The monoisotopic (exact) mass is 577 g/mol. The molecule has 14 heteroatoms. The van der Waals surface area contributed by atoms with Crippen LogP contribution in [-0.4, -0.2) is 98.0 Å². The second kappa shape index (κ2) is 11.1. The average molecular weight is 578 g/mol. The van der Waals surface area contributed by atoms with Gasteiger partial charge in [-0.1, -0.05) is 18.2 Å². The number of morpholine rings is 1. The fourth-order valence-corrected chi connectivity index (χ4v) is 7.42. The largest absolute Gasteiger partial charge is 0.481 e. The van der Waals surface area contributed by atoms with Gasteiger partial charge in [0.1, 0.15) is 4.21 Å². The zero-order valence-corrected chi connectivity index (χ0v) is 22.3. The first-order chi connectivity index (χ1) is 17.8. The van der Waals surface area contributed by atoms with Gasteiger partial charge in [-0.25, -0.2) is 8.42 Å². The number of piperazine rings is 1. The first-order valence-electron chi connectivity index (χ1n) is 12.0. The van der Waals surface area contributed by atoms with Crippen LogP contribution in [0.5, 0.6) is 0 Å². The Balaban J connectivity index is 1.62. The Kier molecular flexibility index (Phi) is 8.40. The third-order valence-electron chi connectivity index (χ3n) is 7.05. The minimum Gasteiger partial charge on any atom is -0.481 e. The summed E-state index contributed by atoms with van der Waals surface area (Å²) in [6.45, 7) is 2.68. The molecule has 2 aliphatic heterocycles. The minimum atomic E-state index is -4.85. The van der Waals surface area contributed by atoms with Gasteiger partial charge in [0.2, 0.25) is 0 Å². The number of aliphatic hydroxyl groups is 1. The second-order valence-corrected chi connectivity index (χ2v) is 12.7. The summed E-state index contributed by atoms with van der Waals surface area (Å²) in [5, 5.41) is 21.1. The van der Waals surface area contributed by atoms with Crippen LogP contribution >= 0.6 is 11.3 Å². The van der Waals surface area contributed by atoms with Crippen molar-refractivity contribution >= 4 is 33.0 Å². The molecule has 0 radical (unpaired) electrons. The maximum Gasteiger partial charge on any atom is 0.421 e. The Morgan fingerprint density at radius 3 is 2.45 bits per heavy atom. The van der Waals surface area contributed by atoms with E-state index in [0.29, 0.717) is 32.3 Å². The second-order valence-electron chi connectivity index (χ2n) is 9.58. The third-order valence-corrected chi connectivity index (χ3v) is 10.3. The van der Waals surface area contributed by atoms with Crippen molar-refractivity contribution in [2.75, 3.05) is 50.8 Å². The predicted octanol–water partition coefficient (Wildman–Crippen LogP) is 2.57. The number of thiophene rings is 1. The van der Waals surface area contributed by atoms with E-state index in [2.05, 4.69) is 0 Å². The van der Waals surface area contributed by atoms with E-state index in [4.69, 9.17) is 4.74 Å². The van der Waals surface area contributed by atoms with Crippen LogP contribution in [0.1, 0.15) is 18.9 Å². The van der Waals surface area contributed by atoms with Crippen molar-refractivity contribution in [3.8, 4) is 0 Å². The molecule has 4 rings (SSSR count). The molecule has 1 aromatic carbocycles. The number of alkyl halides is 3. The summed E-state index contributed by atoms with van der Waals surface area (Å²) >= 11 is 1.12. The van der Waals surface area contributed by atoms with Crippen LogP contribution in [0.15, 0.2) is 46.0 Å². The minimum absolute atomic E-state index is 0.111. The molecule has 2 saturated heterocycles. The van der Waals surface area contributed by atoms with Crippen LogP contribution in [0.4, 0.5) is 18.9 Å². The SMILES string of the molecule is C[C@](O)(c1ccc(N2CCN(S(=O)(=O)c3cccs3)C[C@@H]2CN2CCOC[C@H]2CC(=O)O)cc1)C(F)(F)F. The molecule has 2 fully saturated rings. The van der Waals surface area contributed by atoms with E-state index in [1.807, 2.05) is 9.80 Å². The highest BCUT2D eigenvalue weighted by Crippen LogP contribution is 2.39. The van der Waals surface area contributed by atoms with Crippen molar-refractivity contribution in [3.05, 3.63) is 47.3 Å². The third kappa shape index (κ3) is 6.00. The van der Waals surface area contributed by atoms with E-state index in [-0.39, 0.29) is 42.4 Å². The number of aliphatic carboxylic acids is 1. The molecular weight excluding hydrogens is 547 g/mol. The molecule has 2 aromatic rings. The summed E-state index contributed by atoms with van der Waals surface area (Å²) in [4.78, 5) is 15.3. The molecule has 1 aromatic heterocycles. The van der Waals surface area contributed by atoms with Gasteiger partial charge < -0.3 is 19.8 Å². The van der Waals surface area contributed by atoms with Crippen molar-refractivity contribution in [3.63, 3.8) is 0 Å². The van der Waals surface area contributed by atoms with Gasteiger partial charge in [0.15, 0.2) is 5.60 Å². The van der Waals surface area contributed by atoms with Gasteiger partial charge in [-0.15, -0.1) is 11.3 Å². The van der Waals surface area contributed by atoms with E-state index >= 15 is 0 Å². The van der Waals surface area contributed by atoms with Crippen LogP contribution in [0.2, 0.25) is 0 Å². The summed E-state index contributed by atoms with van der Waals surface area (Å²) in [7, 11) is -3.74. The number of carboxylic acids is 1. The van der Waals surface area contributed by atoms with Crippen molar-refractivity contribution in [1.29, 1.82) is 0 Å². The summed E-state index contributed by atoms with van der Waals surface area (Å²) in [5.74, 6) is -0.972. The average Bonchev–Trinajstić information content (AvgIpc) is 3.40. The molecule has 0 bridgehead atoms. The maximum absolute atomic E-state index is 13.3. The van der Waals surface area contributed by atoms with Gasteiger partial charge in [0.25, 0.3) is 10.0 Å². The lowest BCUT2D eigenvalue weighted by atomic mass is 9.95. The van der Waals surface area contributed by atoms with E-state index < -0.39 is 39.9 Å². The van der Waals surface area contributed by atoms with E-state index in [1.54, 1.807) is 11.4 Å². The van der Waals surface area contributed by atoms with Crippen molar-refractivity contribution in [1.82, 2.24) is 9.21 Å². The number of carbonyl (C=O) groups is 1. The van der Waals surface area contributed by atoms with E-state index in [1.165, 1.54) is 34.6 Å². The molecule has 0 saturated carbocycles. The van der Waals surface area contributed by atoms with Gasteiger partial charge in [-0.05, 0) is 36.1 Å². The lowest BCUT2D eigenvalue weighted by molar-refractivity contribution is -0.258. The number of benzene rings is 1. The van der Waals surface area contributed by atoms with Crippen molar-refractivity contribution < 1.29 is 41.3 Å². The molecule has 9 nitrogen and oxygen atoms in total. The lowest BCUT2D eigenvalue weighted by Crippen LogP contribution is -2.60. The van der Waals surface area contributed by atoms with Crippen LogP contribution in [-0.2, 0) is 25.2 Å². The van der Waals surface area contributed by atoms with Gasteiger partial charge in [-0.2, -0.15) is 17.5 Å². The predicted molar refractivity (Wildman–Crippen MR) is 135 cm³/mol. The van der Waals surface area contributed by atoms with Crippen LogP contribution in [0.3, 0.4) is 0 Å². The molecule has 0 spiro atoms. The van der Waals surface area contributed by atoms with Gasteiger partial charge in [0, 0.05) is 44.5 Å². The number of halogens is 3. The van der Waals surface area contributed by atoms with Crippen LogP contribution in [0, 0.1) is 0 Å². The van der Waals surface area contributed by atoms with Gasteiger partial charge >= 0.3 is 12.1 Å². The van der Waals surface area contributed by atoms with E-state index in [9.17, 15) is 36.6 Å². The molecule has 38 heavy (non-hydrogen) atoms. The maximum atomic E-state index is 13.3. The highest BCUT2D eigenvalue weighted by atomic mass is 32.2. The Hall–Kier alpha value is -2.23. The molecule has 3 heterocycles. The van der Waals surface area contributed by atoms with Crippen LogP contribution < -0.4 is 4.90 Å². The number of sulfonamides is 1. The molecule has 0 aliphatic carbocycles. The zero-order valence-electron chi connectivity index (χ0n) is 20.7. The molecule has 210 valence electrons. The Morgan fingerprint density at radius 2 is 1.84 bits per heavy atom.